The lowest BCUT2D eigenvalue weighted by molar-refractivity contribution is -0.151. The van der Waals surface area contributed by atoms with Gasteiger partial charge in [0.2, 0.25) is 23.6 Å². The van der Waals surface area contributed by atoms with Gasteiger partial charge in [-0.25, -0.2) is 4.79 Å². The molecule has 442 valence electrons. The molecule has 0 radical (unpaired) electrons. The Bertz CT molecular complexity index is 2790. The first-order valence-corrected chi connectivity index (χ1v) is 29.2. The number of rotatable bonds is 22. The monoisotopic (exact) mass is 1130 g/mol. The number of carbonyl (C=O) groups excluding carboxylic acids is 6. The first kappa shape index (κ1) is 61.4. The second kappa shape index (κ2) is 28.0. The molecule has 0 aromatic heterocycles. The van der Waals surface area contributed by atoms with Gasteiger partial charge in [0, 0.05) is 36.6 Å². The van der Waals surface area contributed by atoms with Gasteiger partial charge >= 0.3 is 12.1 Å². The number of ether oxygens (including phenoxy) is 5. The van der Waals surface area contributed by atoms with Crippen molar-refractivity contribution in [2.75, 3.05) is 18.5 Å². The van der Waals surface area contributed by atoms with E-state index in [1.165, 1.54) is 12.2 Å². The van der Waals surface area contributed by atoms with E-state index in [1.54, 1.807) is 39.8 Å². The number of benzene rings is 3. The maximum absolute atomic E-state index is 13.5. The molecule has 11 atom stereocenters. The van der Waals surface area contributed by atoms with E-state index in [2.05, 4.69) is 51.7 Å². The second-order valence-corrected chi connectivity index (χ2v) is 23.4. The van der Waals surface area contributed by atoms with E-state index in [0.717, 1.165) is 34.2 Å². The molecule has 7 N–H and O–H groups in total. The first-order chi connectivity index (χ1) is 39.2. The summed E-state index contributed by atoms with van der Waals surface area (Å²) in [5.74, 6) is -2.08. The minimum absolute atomic E-state index is 0.0411. The molecular formula is C64H83N5O13. The highest BCUT2D eigenvalue weighted by Gasteiger charge is 2.58. The fourth-order valence-electron chi connectivity index (χ4n) is 11.7. The third kappa shape index (κ3) is 16.3. The molecule has 8 rings (SSSR count). The summed E-state index contributed by atoms with van der Waals surface area (Å²) in [6.45, 7) is 13.3. The summed E-state index contributed by atoms with van der Waals surface area (Å²) in [4.78, 5) is 79.1. The van der Waals surface area contributed by atoms with Crippen molar-refractivity contribution in [2.24, 2.45) is 11.8 Å². The van der Waals surface area contributed by atoms with Gasteiger partial charge in [-0.15, -0.1) is 0 Å². The SMILES string of the molecule is CC(C=C[C@H]1O[C@H](CC(=O)NC2CCC(OC(=O)CCc3ccccc3NC(=O)[C@H](C)NC(=O)[C@@H](NC(=O)OCC3c4ccccc4-c4ccccc43)C(C)C)CC2)C[C@@]2(CO2)[C@@H]1O)=CC[C@@H]1O[C@H](C)[C@H](NC(=O)C=C[C@H](C)O)C[C@@H]1C. The van der Waals surface area contributed by atoms with Gasteiger partial charge in [0.1, 0.15) is 42.6 Å². The van der Waals surface area contributed by atoms with Gasteiger partial charge in [0.15, 0.2) is 0 Å². The molecule has 0 unspecified atom stereocenters. The smallest absolute Gasteiger partial charge is 0.407 e. The Morgan fingerprint density at radius 1 is 0.829 bits per heavy atom. The number of anilines is 1. The zero-order valence-corrected chi connectivity index (χ0v) is 48.3. The van der Waals surface area contributed by atoms with Gasteiger partial charge in [-0.2, -0.15) is 0 Å². The van der Waals surface area contributed by atoms with Crippen molar-refractivity contribution in [1.29, 1.82) is 0 Å². The minimum atomic E-state index is -0.972. The summed E-state index contributed by atoms with van der Waals surface area (Å²) in [5, 5.41) is 35.2. The lowest BCUT2D eigenvalue weighted by Gasteiger charge is -2.39. The minimum Gasteiger partial charge on any atom is -0.462 e. The first-order valence-electron chi connectivity index (χ1n) is 29.2. The number of nitrogens with one attached hydrogen (secondary N) is 5. The van der Waals surface area contributed by atoms with Crippen LogP contribution in [0.5, 0.6) is 0 Å². The summed E-state index contributed by atoms with van der Waals surface area (Å²) in [6, 6.07) is 21.0. The third-order valence-corrected chi connectivity index (χ3v) is 16.5. The van der Waals surface area contributed by atoms with Crippen LogP contribution in [0.4, 0.5) is 10.5 Å². The number of hydrogen-bond acceptors (Lipinski definition) is 13. The number of amides is 5. The molecule has 3 heterocycles. The maximum Gasteiger partial charge on any atom is 0.407 e. The highest BCUT2D eigenvalue weighted by Crippen LogP contribution is 2.45. The van der Waals surface area contributed by atoms with Crippen molar-refractivity contribution in [1.82, 2.24) is 21.3 Å². The Morgan fingerprint density at radius 2 is 1.50 bits per heavy atom. The van der Waals surface area contributed by atoms with Crippen LogP contribution in [0.1, 0.15) is 129 Å². The van der Waals surface area contributed by atoms with Gasteiger partial charge < -0.3 is 60.5 Å². The Labute approximate surface area is 481 Å². The summed E-state index contributed by atoms with van der Waals surface area (Å²) >= 11 is 0. The molecule has 5 aliphatic rings. The van der Waals surface area contributed by atoms with E-state index in [-0.39, 0.29) is 85.4 Å². The molecule has 3 aliphatic heterocycles. The molecule has 3 aromatic rings. The van der Waals surface area contributed by atoms with Crippen LogP contribution < -0.4 is 26.6 Å². The lowest BCUT2D eigenvalue weighted by atomic mass is 9.87. The van der Waals surface area contributed by atoms with Crippen molar-refractivity contribution in [3.63, 3.8) is 0 Å². The second-order valence-electron chi connectivity index (χ2n) is 23.4. The molecule has 3 saturated heterocycles. The molecule has 5 amide bonds. The van der Waals surface area contributed by atoms with Gasteiger partial charge in [0.05, 0.1) is 43.5 Å². The fourth-order valence-corrected chi connectivity index (χ4v) is 11.7. The maximum atomic E-state index is 13.5. The number of aliphatic hydroxyl groups excluding tert-OH is 2. The Kier molecular flexibility index (Phi) is 21.0. The van der Waals surface area contributed by atoms with E-state index in [0.29, 0.717) is 62.8 Å². The standard InChI is InChI=1S/C64H83N5O13/c1-37(2)59(69-63(77)78-35-51-49-17-11-9-15-47(49)48-16-10-12-18-50(48)51)62(76)65-41(6)61(75)68-52-19-13-8-14-43(52)23-31-58(73)82-45-26-24-44(25-27-45)66-57(72)33-46-34-64(36-79-64)60(74)55(81-46)29-21-38(3)20-28-54-39(4)32-53(42(7)80-54)67-56(71)30-22-40(5)70/h8-22,29-30,37,39-42,44-46,51,53-55,59-60,70,74H,23-28,31-36H2,1-7H3,(H,65,76)(H,66,72)(H,67,71)(H,68,75)(H,69,77)/t39-,40-,41-,42+,44?,45?,46+,53+,54-,55+,59-,60+,64+/m0/s1. The number of para-hydroxylation sites is 1. The molecule has 2 aliphatic carbocycles. The number of alkyl carbamates (subject to hydrolysis) is 1. The number of esters is 1. The van der Waals surface area contributed by atoms with E-state index < -0.39 is 60.0 Å². The van der Waals surface area contributed by atoms with Crippen molar-refractivity contribution in [2.45, 2.75) is 191 Å². The van der Waals surface area contributed by atoms with Crippen molar-refractivity contribution >= 4 is 41.4 Å². The molecule has 82 heavy (non-hydrogen) atoms. The largest absolute Gasteiger partial charge is 0.462 e. The molecule has 3 aromatic carbocycles. The molecule has 1 saturated carbocycles. The molecular weight excluding hydrogens is 1050 g/mol. The Hall–Kier alpha value is -6.70. The summed E-state index contributed by atoms with van der Waals surface area (Å²) in [7, 11) is 0. The normalized spacial score (nSPS) is 27.2. The van der Waals surface area contributed by atoms with Crippen LogP contribution >= 0.6 is 0 Å². The van der Waals surface area contributed by atoms with Crippen molar-refractivity contribution in [3.05, 3.63) is 125 Å². The van der Waals surface area contributed by atoms with Crippen LogP contribution in [0.2, 0.25) is 0 Å². The van der Waals surface area contributed by atoms with Gasteiger partial charge in [0.25, 0.3) is 0 Å². The van der Waals surface area contributed by atoms with Crippen LogP contribution in [0, 0.1) is 11.8 Å². The molecule has 18 heteroatoms. The number of aliphatic hydroxyl groups is 2. The summed E-state index contributed by atoms with van der Waals surface area (Å²) < 4.78 is 30.0. The van der Waals surface area contributed by atoms with Crippen LogP contribution in [0.3, 0.4) is 0 Å². The predicted octanol–water partition coefficient (Wildman–Crippen LogP) is 7.40. The van der Waals surface area contributed by atoms with Crippen LogP contribution in [-0.4, -0.2) is 132 Å². The van der Waals surface area contributed by atoms with Crippen LogP contribution in [0.25, 0.3) is 11.1 Å². The van der Waals surface area contributed by atoms with Gasteiger partial charge in [-0.3, -0.25) is 24.0 Å². The fraction of sp³-hybridized carbons (Fsp3) is 0.531. The molecule has 0 bridgehead atoms. The van der Waals surface area contributed by atoms with Gasteiger partial charge in [-0.05, 0) is 118 Å². The topological polar surface area (TPSA) is 252 Å². The molecule has 4 fully saturated rings. The number of hydrogen-bond donors (Lipinski definition) is 7. The molecule has 18 nitrogen and oxygen atoms in total. The lowest BCUT2D eigenvalue weighted by Crippen LogP contribution is -2.53. The number of aryl methyl sites for hydroxylation is 1. The average molecular weight is 1130 g/mol. The predicted molar refractivity (Wildman–Crippen MR) is 309 cm³/mol. The number of epoxide rings is 1. The van der Waals surface area contributed by atoms with Crippen LogP contribution in [0.15, 0.2) is 109 Å². The average Bonchev–Trinajstić information content (AvgIpc) is 3.00. The van der Waals surface area contributed by atoms with Crippen molar-refractivity contribution < 1.29 is 62.7 Å². The zero-order valence-electron chi connectivity index (χ0n) is 48.3. The Morgan fingerprint density at radius 3 is 2.17 bits per heavy atom. The summed E-state index contributed by atoms with van der Waals surface area (Å²) in [6.07, 6.45) is 9.38. The highest BCUT2D eigenvalue weighted by atomic mass is 16.6. The zero-order chi connectivity index (χ0) is 58.7. The van der Waals surface area contributed by atoms with E-state index >= 15 is 0 Å². The van der Waals surface area contributed by atoms with E-state index in [1.807, 2.05) is 74.5 Å². The number of carbonyl (C=O) groups is 6. The number of fused-ring (bicyclic) bond motifs is 3. The van der Waals surface area contributed by atoms with Gasteiger partial charge in [-0.1, -0.05) is 117 Å². The number of allylic oxidation sites excluding steroid dienone is 2. The van der Waals surface area contributed by atoms with Crippen LogP contribution in [-0.2, 0) is 54.1 Å². The Balaban J connectivity index is 0.726. The van der Waals surface area contributed by atoms with E-state index in [4.69, 9.17) is 23.7 Å². The molecule has 1 spiro atoms. The quantitative estimate of drug-likeness (QED) is 0.0224. The van der Waals surface area contributed by atoms with E-state index in [9.17, 15) is 39.0 Å². The van der Waals surface area contributed by atoms with Crippen molar-refractivity contribution in [3.8, 4) is 11.1 Å². The third-order valence-electron chi connectivity index (χ3n) is 16.5. The summed E-state index contributed by atoms with van der Waals surface area (Å²) in [5.41, 5.74) is 5.78. The highest BCUT2D eigenvalue weighted by molar-refractivity contribution is 5.98.